The predicted molar refractivity (Wildman–Crippen MR) is 125 cm³/mol. The summed E-state index contributed by atoms with van der Waals surface area (Å²) >= 11 is 0. The molecule has 3 aromatic rings. The Kier molecular flexibility index (Phi) is 9.08. The van der Waals surface area contributed by atoms with E-state index in [9.17, 15) is 22.0 Å². The quantitative estimate of drug-likeness (QED) is 0.224. The van der Waals surface area contributed by atoms with E-state index in [1.54, 1.807) is 0 Å². The maximum atomic E-state index is 16.1. The third kappa shape index (κ3) is 6.72. The van der Waals surface area contributed by atoms with Gasteiger partial charge in [-0.3, -0.25) is 4.55 Å². The Balaban J connectivity index is 0.000000259. The van der Waals surface area contributed by atoms with E-state index in [4.69, 9.17) is 4.55 Å². The summed E-state index contributed by atoms with van der Waals surface area (Å²) in [6, 6.07) is 28.3. The molecule has 0 saturated heterocycles. The van der Waals surface area contributed by atoms with Crippen molar-refractivity contribution in [2.24, 2.45) is 0 Å². The van der Waals surface area contributed by atoms with Crippen molar-refractivity contribution in [3.05, 3.63) is 103 Å². The molecule has 0 bridgehead atoms. The minimum Gasteiger partial charge on any atom is -0.455 e. The highest BCUT2D eigenvalue weighted by molar-refractivity contribution is 8.29. The first-order chi connectivity index (χ1) is 15.9. The number of hydrogen-bond acceptors (Lipinski definition) is 4. The van der Waals surface area contributed by atoms with E-state index in [0.29, 0.717) is 0 Å². The molecule has 0 atom stereocenters. The van der Waals surface area contributed by atoms with Gasteiger partial charge in [-0.15, -0.1) is 0 Å². The second kappa shape index (κ2) is 11.4. The monoisotopic (exact) mass is 512 g/mol. The second-order valence-electron chi connectivity index (χ2n) is 6.95. The molecule has 3 aromatic carbocycles. The van der Waals surface area contributed by atoms with Crippen molar-refractivity contribution < 1.29 is 35.2 Å². The van der Waals surface area contributed by atoms with Crippen LogP contribution in [0, 0.1) is 0 Å². The largest absolute Gasteiger partial charge is 0.455 e. The number of carbonyl (C=O) groups excluding carboxylic acids is 1. The fourth-order valence-corrected chi connectivity index (χ4v) is 5.20. The zero-order valence-electron chi connectivity index (χ0n) is 18.1. The Morgan fingerprint density at radius 1 is 0.853 bits per heavy atom. The Morgan fingerprint density at radius 3 is 1.44 bits per heavy atom. The number of benzene rings is 3. The maximum Gasteiger partial charge on any atom is 0.402 e. The molecule has 0 saturated carbocycles. The van der Waals surface area contributed by atoms with Gasteiger partial charge in [0.2, 0.25) is 0 Å². The number of esters is 1. The van der Waals surface area contributed by atoms with Crippen LogP contribution in [0.2, 0.25) is 0 Å². The lowest BCUT2D eigenvalue weighted by molar-refractivity contribution is -0.144. The minimum absolute atomic E-state index is 0.156. The highest BCUT2D eigenvalue weighted by Gasteiger charge is 2.45. The molecule has 1 N–H and O–H groups in total. The minimum atomic E-state index is -5.56. The zero-order chi connectivity index (χ0) is 25.4. The average molecular weight is 513 g/mol. The summed E-state index contributed by atoms with van der Waals surface area (Å²) < 4.78 is 72.8. The predicted octanol–water partition coefficient (Wildman–Crippen LogP) is 6.44. The van der Waals surface area contributed by atoms with Crippen LogP contribution in [0.15, 0.2) is 118 Å². The normalized spacial score (nSPS) is 12.1. The summed E-state index contributed by atoms with van der Waals surface area (Å²) in [4.78, 5) is 12.8. The summed E-state index contributed by atoms with van der Waals surface area (Å²) in [6.07, 6.45) is 0. The zero-order valence-corrected chi connectivity index (χ0v) is 19.7. The first-order valence-corrected chi connectivity index (χ1v) is 12.7. The van der Waals surface area contributed by atoms with Gasteiger partial charge >= 0.3 is 21.3 Å². The molecule has 3 rings (SSSR count). The lowest BCUT2D eigenvalue weighted by Gasteiger charge is -2.32. The van der Waals surface area contributed by atoms with Crippen molar-refractivity contribution in [2.45, 2.75) is 26.9 Å². The van der Waals surface area contributed by atoms with Crippen molar-refractivity contribution >= 4 is 26.5 Å². The van der Waals surface area contributed by atoms with Crippen molar-refractivity contribution in [3.63, 3.8) is 0 Å². The van der Waals surface area contributed by atoms with Crippen LogP contribution in [-0.2, 0) is 19.6 Å². The molecule has 0 aromatic heterocycles. The summed E-state index contributed by atoms with van der Waals surface area (Å²) in [7, 11) is -8.24. The Morgan fingerprint density at radius 2 is 1.18 bits per heavy atom. The molecule has 34 heavy (non-hydrogen) atoms. The van der Waals surface area contributed by atoms with Crippen molar-refractivity contribution in [3.8, 4) is 0 Å². The van der Waals surface area contributed by atoms with Gasteiger partial charge in [-0.05, 0) is 53.7 Å². The van der Waals surface area contributed by atoms with Gasteiger partial charge in [-0.1, -0.05) is 61.2 Å². The Hall–Kier alpha value is -3.08. The van der Waals surface area contributed by atoms with Crippen molar-refractivity contribution in [1.29, 1.82) is 0 Å². The molecule has 0 unspecified atom stereocenters. The van der Waals surface area contributed by atoms with E-state index in [-0.39, 0.29) is 5.57 Å². The van der Waals surface area contributed by atoms with E-state index in [0.717, 1.165) is 14.7 Å². The fourth-order valence-electron chi connectivity index (χ4n) is 2.58. The van der Waals surface area contributed by atoms with Gasteiger partial charge in [-0.2, -0.15) is 21.1 Å². The number of rotatable bonds is 7. The summed E-state index contributed by atoms with van der Waals surface area (Å²) in [5.74, 6) is -1.16. The fraction of sp³-hybridized carbons (Fsp3) is 0.125. The van der Waals surface area contributed by atoms with Crippen LogP contribution in [0.25, 0.3) is 0 Å². The molecule has 0 aliphatic rings. The number of carbonyl (C=O) groups is 1. The molecule has 0 aliphatic carbocycles. The van der Waals surface area contributed by atoms with Gasteiger partial charge in [0.05, 0.1) is 0 Å². The highest BCUT2D eigenvalue weighted by atomic mass is 32.3. The van der Waals surface area contributed by atoms with Gasteiger partial charge in [-0.25, -0.2) is 4.79 Å². The van der Waals surface area contributed by atoms with Gasteiger partial charge in [0.25, 0.3) is 0 Å². The van der Waals surface area contributed by atoms with E-state index in [1.165, 1.54) is 6.92 Å². The lowest BCUT2D eigenvalue weighted by atomic mass is 10.4. The number of hydrogen-bond donors (Lipinski definition) is 1. The van der Waals surface area contributed by atoms with Crippen molar-refractivity contribution in [2.75, 3.05) is 6.61 Å². The molecular formula is C24H23F3O5S2. The van der Waals surface area contributed by atoms with Crippen LogP contribution in [-0.4, -0.2) is 30.8 Å². The average Bonchev–Trinajstić information content (AvgIpc) is 2.83. The number of halogens is 3. The van der Waals surface area contributed by atoms with Crippen LogP contribution in [0.4, 0.5) is 12.7 Å². The lowest BCUT2D eigenvalue weighted by Crippen LogP contribution is -2.34. The topological polar surface area (TPSA) is 80.7 Å². The third-order valence-electron chi connectivity index (χ3n) is 4.30. The maximum absolute atomic E-state index is 16.1. The molecule has 10 heteroatoms. The van der Waals surface area contributed by atoms with Crippen LogP contribution < -0.4 is 0 Å². The summed E-state index contributed by atoms with van der Waals surface area (Å²) in [5.41, 5.74) is -0.156. The van der Waals surface area contributed by atoms with Gasteiger partial charge < -0.3 is 4.74 Å². The molecule has 0 heterocycles. The third-order valence-corrected chi connectivity index (χ3v) is 7.94. The van der Waals surface area contributed by atoms with Crippen LogP contribution in [0.5, 0.6) is 0 Å². The van der Waals surface area contributed by atoms with Gasteiger partial charge in [0.15, 0.2) is 6.61 Å². The molecule has 182 valence electrons. The first-order valence-electron chi connectivity index (χ1n) is 9.75. The molecule has 5 nitrogen and oxygen atoms in total. The van der Waals surface area contributed by atoms with Crippen LogP contribution in [0.3, 0.4) is 0 Å². The molecule has 0 amide bonds. The molecule has 0 fully saturated rings. The van der Waals surface area contributed by atoms with Crippen LogP contribution in [0.1, 0.15) is 6.92 Å². The SMILES string of the molecule is C=C(C)C(=O)OCC(F)(F)S(=O)(=O)O.FS(c1ccccc1)(c1ccccc1)c1ccccc1. The van der Waals surface area contributed by atoms with E-state index in [2.05, 4.69) is 11.3 Å². The molecular weight excluding hydrogens is 489 g/mol. The van der Waals surface area contributed by atoms with Crippen LogP contribution >= 0.6 is 10.4 Å². The standard InChI is InChI=1S/C18H15FS.C6H8F2O5S/c19-20(16-10-4-1-5-11-16,17-12-6-2-7-13-17)18-14-8-3-9-15-18;1-4(2)5(9)13-3-6(7,8)14(10,11)12/h1-15H;1,3H2,2H3,(H,10,11,12). The van der Waals surface area contributed by atoms with Crippen molar-refractivity contribution in [1.82, 2.24) is 0 Å². The molecule has 0 spiro atoms. The summed E-state index contributed by atoms with van der Waals surface area (Å²) in [5, 5.41) is -4.50. The Bertz CT molecular complexity index is 1110. The highest BCUT2D eigenvalue weighted by Crippen LogP contribution is 2.69. The first kappa shape index (κ1) is 27.2. The smallest absolute Gasteiger partial charge is 0.402 e. The van der Waals surface area contributed by atoms with E-state index in [1.807, 2.05) is 91.0 Å². The number of alkyl halides is 2. The number of ether oxygens (including phenoxy) is 1. The summed E-state index contributed by atoms with van der Waals surface area (Å²) in [6.45, 7) is 2.55. The molecule has 0 aliphatic heterocycles. The second-order valence-corrected chi connectivity index (χ2v) is 11.0. The van der Waals surface area contributed by atoms with Gasteiger partial charge in [0.1, 0.15) is 0 Å². The molecule has 0 radical (unpaired) electrons. The Labute approximate surface area is 198 Å². The van der Waals surface area contributed by atoms with E-state index >= 15 is 3.89 Å². The van der Waals surface area contributed by atoms with Gasteiger partial charge in [0, 0.05) is 20.3 Å². The van der Waals surface area contributed by atoms with E-state index < -0.39 is 38.4 Å².